The molecule has 2 heterocycles. The van der Waals surface area contributed by atoms with Crippen molar-refractivity contribution in [3.05, 3.63) is 75.6 Å². The summed E-state index contributed by atoms with van der Waals surface area (Å²) in [6.45, 7) is 3.89. The zero-order valence-electron chi connectivity index (χ0n) is 14.0. The Hall–Kier alpha value is -3.02. The van der Waals surface area contributed by atoms with Gasteiger partial charge in [0, 0.05) is 23.2 Å². The van der Waals surface area contributed by atoms with Crippen LogP contribution in [0.3, 0.4) is 0 Å². The number of rotatable bonds is 4. The lowest BCUT2D eigenvalue weighted by molar-refractivity contribution is 0.0936. The van der Waals surface area contributed by atoms with Crippen LogP contribution in [0, 0.1) is 12.7 Å². The summed E-state index contributed by atoms with van der Waals surface area (Å²) in [5.74, 6) is -0.905. The normalized spacial score (nSPS) is 12.1. The monoisotopic (exact) mass is 339 g/mol. The molecule has 3 aromatic rings. The number of nitrogens with zero attached hydrogens (tertiary/aromatic N) is 1. The van der Waals surface area contributed by atoms with Crippen LogP contribution >= 0.6 is 0 Å². The lowest BCUT2D eigenvalue weighted by atomic mass is 10.1. The van der Waals surface area contributed by atoms with E-state index in [4.69, 9.17) is 0 Å². The highest BCUT2D eigenvalue weighted by atomic mass is 19.1. The van der Waals surface area contributed by atoms with Gasteiger partial charge in [0.25, 0.3) is 5.91 Å². The Labute approximate surface area is 143 Å². The van der Waals surface area contributed by atoms with Crippen molar-refractivity contribution in [2.45, 2.75) is 26.3 Å². The van der Waals surface area contributed by atoms with Gasteiger partial charge in [0.2, 0.25) is 5.56 Å². The van der Waals surface area contributed by atoms with Gasteiger partial charge in [0.1, 0.15) is 5.82 Å². The molecule has 0 spiro atoms. The maximum absolute atomic E-state index is 13.6. The van der Waals surface area contributed by atoms with Crippen LogP contribution in [0.2, 0.25) is 0 Å². The van der Waals surface area contributed by atoms with Gasteiger partial charge in [-0.2, -0.15) is 0 Å². The summed E-state index contributed by atoms with van der Waals surface area (Å²) in [4.78, 5) is 31.5. The lowest BCUT2D eigenvalue weighted by Gasteiger charge is -2.17. The highest BCUT2D eigenvalue weighted by Crippen LogP contribution is 2.20. The van der Waals surface area contributed by atoms with Gasteiger partial charge in [-0.25, -0.2) is 4.39 Å². The van der Waals surface area contributed by atoms with Gasteiger partial charge in [0.15, 0.2) is 0 Å². The number of carbonyl (C=O) groups excluding carboxylic acids is 1. The molecule has 128 valence electrons. The summed E-state index contributed by atoms with van der Waals surface area (Å²) in [5.41, 5.74) is 1.94. The third-order valence-electron chi connectivity index (χ3n) is 4.06. The average Bonchev–Trinajstić information content (AvgIpc) is 2.59. The molecule has 0 fully saturated rings. The highest BCUT2D eigenvalue weighted by molar-refractivity contribution is 6.06. The number of halogens is 1. The molecular formula is C19H18FN3O2. The van der Waals surface area contributed by atoms with Crippen molar-refractivity contribution in [1.29, 1.82) is 0 Å². The number of hydrogen-bond donors (Lipinski definition) is 2. The van der Waals surface area contributed by atoms with Gasteiger partial charge in [-0.05, 0) is 49.2 Å². The van der Waals surface area contributed by atoms with Crippen molar-refractivity contribution in [2.75, 3.05) is 0 Å². The SMILES string of the molecule is CC[C@@H](NC(=O)c1cc(=O)[nH]c2ccc(F)cc12)c1cc(C)ccn1. The van der Waals surface area contributed by atoms with E-state index in [-0.39, 0.29) is 11.6 Å². The zero-order chi connectivity index (χ0) is 18.0. The fourth-order valence-corrected chi connectivity index (χ4v) is 2.79. The largest absolute Gasteiger partial charge is 0.344 e. The topological polar surface area (TPSA) is 74.8 Å². The van der Waals surface area contributed by atoms with Crippen LogP contribution in [0.5, 0.6) is 0 Å². The van der Waals surface area contributed by atoms with Gasteiger partial charge in [-0.3, -0.25) is 14.6 Å². The van der Waals surface area contributed by atoms with E-state index in [2.05, 4.69) is 15.3 Å². The number of aromatic amines is 1. The lowest BCUT2D eigenvalue weighted by Crippen LogP contribution is -2.30. The highest BCUT2D eigenvalue weighted by Gasteiger charge is 2.18. The Morgan fingerprint density at radius 2 is 2.08 bits per heavy atom. The van der Waals surface area contributed by atoms with Gasteiger partial charge in [-0.1, -0.05) is 6.92 Å². The minimum atomic E-state index is -0.471. The first-order valence-electron chi connectivity index (χ1n) is 8.04. The zero-order valence-corrected chi connectivity index (χ0v) is 14.0. The Morgan fingerprint density at radius 3 is 2.80 bits per heavy atom. The average molecular weight is 339 g/mol. The molecule has 0 saturated heterocycles. The van der Waals surface area contributed by atoms with Crippen LogP contribution in [0.25, 0.3) is 10.9 Å². The number of amides is 1. The molecular weight excluding hydrogens is 321 g/mol. The number of carbonyl (C=O) groups is 1. The fourth-order valence-electron chi connectivity index (χ4n) is 2.79. The summed E-state index contributed by atoms with van der Waals surface area (Å²) >= 11 is 0. The minimum absolute atomic E-state index is 0.143. The minimum Gasteiger partial charge on any atom is -0.344 e. The fraction of sp³-hybridized carbons (Fsp3) is 0.211. The number of pyridine rings is 2. The van der Waals surface area contributed by atoms with Crippen molar-refractivity contribution >= 4 is 16.8 Å². The molecule has 1 atom stereocenters. The Morgan fingerprint density at radius 1 is 1.28 bits per heavy atom. The van der Waals surface area contributed by atoms with E-state index in [1.165, 1.54) is 24.3 Å². The first kappa shape index (κ1) is 16.8. The van der Waals surface area contributed by atoms with Gasteiger partial charge in [-0.15, -0.1) is 0 Å². The van der Waals surface area contributed by atoms with Gasteiger partial charge >= 0.3 is 0 Å². The molecule has 2 aromatic heterocycles. The van der Waals surface area contributed by atoms with Crippen LogP contribution in [0.1, 0.15) is 41.0 Å². The van der Waals surface area contributed by atoms with Gasteiger partial charge < -0.3 is 10.3 Å². The van der Waals surface area contributed by atoms with Crippen LogP contribution in [0.15, 0.2) is 47.4 Å². The van der Waals surface area contributed by atoms with E-state index in [1.807, 2.05) is 26.0 Å². The van der Waals surface area contributed by atoms with Crippen molar-refractivity contribution in [3.8, 4) is 0 Å². The number of H-pyrrole nitrogens is 1. The summed E-state index contributed by atoms with van der Waals surface area (Å²) < 4.78 is 13.6. The predicted molar refractivity (Wildman–Crippen MR) is 94.0 cm³/mol. The van der Waals surface area contributed by atoms with Crippen molar-refractivity contribution in [1.82, 2.24) is 15.3 Å². The first-order chi connectivity index (χ1) is 12.0. The third-order valence-corrected chi connectivity index (χ3v) is 4.06. The smallest absolute Gasteiger partial charge is 0.252 e. The summed E-state index contributed by atoms with van der Waals surface area (Å²) in [6.07, 6.45) is 2.33. The Bertz CT molecular complexity index is 997. The Balaban J connectivity index is 1.99. The summed E-state index contributed by atoms with van der Waals surface area (Å²) in [7, 11) is 0. The molecule has 0 aliphatic heterocycles. The molecule has 0 aliphatic rings. The molecule has 6 heteroatoms. The maximum atomic E-state index is 13.6. The molecule has 3 rings (SSSR count). The molecule has 2 N–H and O–H groups in total. The number of benzene rings is 1. The molecule has 1 amide bonds. The molecule has 0 radical (unpaired) electrons. The quantitative estimate of drug-likeness (QED) is 0.766. The third kappa shape index (κ3) is 3.57. The van der Waals surface area contributed by atoms with Gasteiger partial charge in [0.05, 0.1) is 17.3 Å². The molecule has 0 bridgehead atoms. The van der Waals surface area contributed by atoms with E-state index in [0.717, 1.165) is 11.3 Å². The van der Waals surface area contributed by atoms with E-state index in [1.54, 1.807) is 6.20 Å². The second kappa shape index (κ2) is 6.84. The van der Waals surface area contributed by atoms with E-state index >= 15 is 0 Å². The number of aromatic nitrogens is 2. The van der Waals surface area contributed by atoms with Crippen LogP contribution in [-0.2, 0) is 0 Å². The first-order valence-corrected chi connectivity index (χ1v) is 8.04. The van der Waals surface area contributed by atoms with Crippen LogP contribution in [0.4, 0.5) is 4.39 Å². The second-order valence-corrected chi connectivity index (χ2v) is 5.93. The number of aryl methyl sites for hydroxylation is 1. The molecule has 1 aromatic carbocycles. The standard InChI is InChI=1S/C19H18FN3O2/c1-3-15(17-8-11(2)6-7-21-17)23-19(25)14-10-18(24)22-16-5-4-12(20)9-13(14)16/h4-10,15H,3H2,1-2H3,(H,22,24)(H,23,25)/t15-/m1/s1. The number of fused-ring (bicyclic) bond motifs is 1. The number of nitrogens with one attached hydrogen (secondary N) is 2. The molecule has 0 saturated carbocycles. The summed E-state index contributed by atoms with van der Waals surface area (Å²) in [6, 6.07) is 8.61. The van der Waals surface area contributed by atoms with Crippen molar-refractivity contribution < 1.29 is 9.18 Å². The van der Waals surface area contributed by atoms with Crippen LogP contribution in [-0.4, -0.2) is 15.9 Å². The number of hydrogen-bond acceptors (Lipinski definition) is 3. The molecule has 0 unspecified atom stereocenters. The van der Waals surface area contributed by atoms with Crippen LogP contribution < -0.4 is 10.9 Å². The van der Waals surface area contributed by atoms with E-state index in [9.17, 15) is 14.0 Å². The van der Waals surface area contributed by atoms with E-state index < -0.39 is 17.3 Å². The maximum Gasteiger partial charge on any atom is 0.252 e. The van der Waals surface area contributed by atoms with Crippen molar-refractivity contribution in [2.24, 2.45) is 0 Å². The molecule has 5 nitrogen and oxygen atoms in total. The Kier molecular flexibility index (Phi) is 4.61. The second-order valence-electron chi connectivity index (χ2n) is 5.93. The van der Waals surface area contributed by atoms with Crippen molar-refractivity contribution in [3.63, 3.8) is 0 Å². The van der Waals surface area contributed by atoms with E-state index in [0.29, 0.717) is 17.3 Å². The molecule has 0 aliphatic carbocycles. The predicted octanol–water partition coefficient (Wildman–Crippen LogP) is 3.25. The summed E-state index contributed by atoms with van der Waals surface area (Å²) in [5, 5.41) is 3.25. The molecule has 25 heavy (non-hydrogen) atoms.